The number of nitrogens with zero attached hydrogens (tertiary/aromatic N) is 1. The highest BCUT2D eigenvalue weighted by molar-refractivity contribution is 7.86. The predicted molar refractivity (Wildman–Crippen MR) is 70.2 cm³/mol. The van der Waals surface area contributed by atoms with Gasteiger partial charge in [-0.2, -0.15) is 12.7 Å². The lowest BCUT2D eigenvalue weighted by Gasteiger charge is -2.50. The minimum Gasteiger partial charge on any atom is -0.303 e. The Hall–Kier alpha value is -0.170. The maximum Gasteiger partial charge on any atom is 0.277 e. The second-order valence-electron chi connectivity index (χ2n) is 6.41. The first kappa shape index (κ1) is 12.8. The molecule has 1 saturated heterocycles. The summed E-state index contributed by atoms with van der Waals surface area (Å²) in [6.07, 6.45) is 9.12. The number of rotatable bonds is 1. The lowest BCUT2D eigenvalue weighted by atomic mass is 9.85. The van der Waals surface area contributed by atoms with Gasteiger partial charge in [0, 0.05) is 24.2 Å². The molecule has 104 valence electrons. The molecule has 0 aromatic carbocycles. The molecular weight excluding hydrogens is 250 g/mol. The van der Waals surface area contributed by atoms with Crippen LogP contribution in [0.2, 0.25) is 0 Å². The number of nitrogens with one attached hydrogen (secondary N) is 1. The minimum absolute atomic E-state index is 0.00493. The predicted octanol–water partition coefficient (Wildman–Crippen LogP) is 0.721. The summed E-state index contributed by atoms with van der Waals surface area (Å²) in [5, 5.41) is 9.23. The van der Waals surface area contributed by atoms with Crippen LogP contribution in [0.5, 0.6) is 0 Å². The molecule has 5 nitrogen and oxygen atoms in total. The van der Waals surface area contributed by atoms with Gasteiger partial charge >= 0.3 is 0 Å². The average Bonchev–Trinajstić information content (AvgIpc) is 2.88. The third-order valence-corrected chi connectivity index (χ3v) is 5.95. The normalized spacial score (nSPS) is 31.4. The van der Waals surface area contributed by atoms with Crippen molar-refractivity contribution in [1.29, 1.82) is 0 Å². The molecule has 3 aliphatic rings. The third kappa shape index (κ3) is 2.19. The molecule has 3 rings (SSSR count). The Labute approximate surface area is 109 Å². The van der Waals surface area contributed by atoms with Crippen LogP contribution in [0.1, 0.15) is 51.4 Å². The van der Waals surface area contributed by atoms with E-state index in [1.807, 2.05) is 0 Å². The number of hydrogen-bond donors (Lipinski definition) is 2. The average molecular weight is 273 g/mol. The van der Waals surface area contributed by atoms with Crippen LogP contribution in [0, 0.1) is 0 Å². The summed E-state index contributed by atoms with van der Waals surface area (Å²) >= 11 is 0. The van der Waals surface area contributed by atoms with E-state index in [2.05, 4.69) is 5.32 Å². The molecule has 0 bridgehead atoms. The van der Waals surface area contributed by atoms with Crippen LogP contribution in [0.4, 0.5) is 0 Å². The second-order valence-corrected chi connectivity index (χ2v) is 7.96. The van der Waals surface area contributed by atoms with Crippen LogP contribution in [-0.2, 0) is 10.2 Å². The van der Waals surface area contributed by atoms with Crippen molar-refractivity contribution < 1.29 is 8.42 Å². The smallest absolute Gasteiger partial charge is 0.277 e. The van der Waals surface area contributed by atoms with Gasteiger partial charge in [0.25, 0.3) is 10.2 Å². The van der Waals surface area contributed by atoms with Crippen molar-refractivity contribution >= 4 is 10.2 Å². The van der Waals surface area contributed by atoms with Crippen LogP contribution in [-0.4, -0.2) is 36.9 Å². The largest absolute Gasteiger partial charge is 0.303 e. The van der Waals surface area contributed by atoms with Gasteiger partial charge in [0.1, 0.15) is 0 Å². The van der Waals surface area contributed by atoms with Crippen LogP contribution >= 0.6 is 0 Å². The monoisotopic (exact) mass is 273 g/mol. The SMILES string of the molecule is NS(=O)(=O)N1CC2(CCCC2)NC2(CCCC2)C1. The fraction of sp³-hybridized carbons (Fsp3) is 1.00. The molecular formula is C12H23N3O2S. The molecule has 0 unspecified atom stereocenters. The van der Waals surface area contributed by atoms with Crippen LogP contribution in [0.3, 0.4) is 0 Å². The van der Waals surface area contributed by atoms with Gasteiger partial charge in [-0.15, -0.1) is 0 Å². The van der Waals surface area contributed by atoms with Crippen molar-refractivity contribution in [3.63, 3.8) is 0 Å². The Morgan fingerprint density at radius 3 is 1.61 bits per heavy atom. The third-order valence-electron chi connectivity index (χ3n) is 4.97. The molecule has 0 radical (unpaired) electrons. The van der Waals surface area contributed by atoms with Crippen LogP contribution in [0.15, 0.2) is 0 Å². The van der Waals surface area contributed by atoms with Gasteiger partial charge in [-0.05, 0) is 25.7 Å². The summed E-state index contributed by atoms with van der Waals surface area (Å²) in [6, 6.07) is 0. The fourth-order valence-corrected chi connectivity index (χ4v) is 5.08. The first-order chi connectivity index (χ1) is 8.43. The summed E-state index contributed by atoms with van der Waals surface area (Å²) in [5.74, 6) is 0. The molecule has 2 saturated carbocycles. The van der Waals surface area contributed by atoms with E-state index in [0.717, 1.165) is 25.7 Å². The molecule has 0 atom stereocenters. The van der Waals surface area contributed by atoms with E-state index in [1.54, 1.807) is 0 Å². The van der Waals surface area contributed by atoms with Gasteiger partial charge in [0.15, 0.2) is 0 Å². The van der Waals surface area contributed by atoms with E-state index in [0.29, 0.717) is 13.1 Å². The molecule has 6 heteroatoms. The fourth-order valence-electron chi connectivity index (χ4n) is 4.22. The summed E-state index contributed by atoms with van der Waals surface area (Å²) in [4.78, 5) is 0. The summed E-state index contributed by atoms with van der Waals surface area (Å²) in [5.41, 5.74) is -0.00986. The number of nitrogens with two attached hydrogens (primary N) is 1. The van der Waals surface area contributed by atoms with Gasteiger partial charge in [-0.25, -0.2) is 5.14 Å². The first-order valence-electron chi connectivity index (χ1n) is 7.01. The van der Waals surface area contributed by atoms with Crippen molar-refractivity contribution in [3.8, 4) is 0 Å². The highest BCUT2D eigenvalue weighted by Crippen LogP contribution is 2.41. The topological polar surface area (TPSA) is 75.4 Å². The Morgan fingerprint density at radius 2 is 1.28 bits per heavy atom. The molecule has 2 spiro atoms. The van der Waals surface area contributed by atoms with Gasteiger partial charge in [0.05, 0.1) is 0 Å². The zero-order valence-electron chi connectivity index (χ0n) is 10.8. The Bertz CT molecular complexity index is 399. The lowest BCUT2D eigenvalue weighted by Crippen LogP contribution is -2.70. The molecule has 1 heterocycles. The van der Waals surface area contributed by atoms with E-state index in [9.17, 15) is 8.42 Å². The zero-order valence-corrected chi connectivity index (χ0v) is 11.6. The van der Waals surface area contributed by atoms with Crippen molar-refractivity contribution in [2.45, 2.75) is 62.4 Å². The molecule has 2 aliphatic carbocycles. The van der Waals surface area contributed by atoms with Gasteiger partial charge < -0.3 is 5.32 Å². The standard InChI is InChI=1S/C12H23N3O2S/c13-18(16,17)15-9-11(5-1-2-6-11)14-12(10-15)7-3-4-8-12/h14H,1-10H2,(H2,13,16,17). The second kappa shape index (κ2) is 4.16. The van der Waals surface area contributed by atoms with E-state index in [4.69, 9.17) is 5.14 Å². The summed E-state index contributed by atoms with van der Waals surface area (Å²) in [7, 11) is -3.56. The molecule has 3 N–H and O–H groups in total. The van der Waals surface area contributed by atoms with Crippen LogP contribution in [0.25, 0.3) is 0 Å². The number of piperazine rings is 1. The van der Waals surface area contributed by atoms with Gasteiger partial charge in [0.2, 0.25) is 0 Å². The van der Waals surface area contributed by atoms with Crippen molar-refractivity contribution in [3.05, 3.63) is 0 Å². The maximum absolute atomic E-state index is 11.7. The highest BCUT2D eigenvalue weighted by atomic mass is 32.2. The minimum atomic E-state index is -3.56. The van der Waals surface area contributed by atoms with Crippen LogP contribution < -0.4 is 10.5 Å². The summed E-state index contributed by atoms with van der Waals surface area (Å²) < 4.78 is 25.0. The summed E-state index contributed by atoms with van der Waals surface area (Å²) in [6.45, 7) is 1.13. The molecule has 18 heavy (non-hydrogen) atoms. The van der Waals surface area contributed by atoms with E-state index in [-0.39, 0.29) is 11.1 Å². The van der Waals surface area contributed by atoms with Crippen molar-refractivity contribution in [1.82, 2.24) is 9.62 Å². The first-order valence-corrected chi connectivity index (χ1v) is 8.51. The molecule has 0 aromatic heterocycles. The molecule has 0 amide bonds. The van der Waals surface area contributed by atoms with E-state index >= 15 is 0 Å². The lowest BCUT2D eigenvalue weighted by molar-refractivity contribution is 0.0963. The maximum atomic E-state index is 11.7. The van der Waals surface area contributed by atoms with E-state index in [1.165, 1.54) is 30.0 Å². The van der Waals surface area contributed by atoms with Crippen molar-refractivity contribution in [2.24, 2.45) is 5.14 Å². The molecule has 0 aromatic rings. The zero-order chi connectivity index (χ0) is 12.9. The highest BCUT2D eigenvalue weighted by Gasteiger charge is 2.51. The Kier molecular flexibility index (Phi) is 2.97. The Balaban J connectivity index is 1.90. The quantitative estimate of drug-likeness (QED) is 0.739. The van der Waals surface area contributed by atoms with Gasteiger partial charge in [-0.3, -0.25) is 0 Å². The molecule has 3 fully saturated rings. The van der Waals surface area contributed by atoms with Gasteiger partial charge in [-0.1, -0.05) is 25.7 Å². The van der Waals surface area contributed by atoms with E-state index < -0.39 is 10.2 Å². The van der Waals surface area contributed by atoms with Crippen molar-refractivity contribution in [2.75, 3.05) is 13.1 Å². The molecule has 1 aliphatic heterocycles. The Morgan fingerprint density at radius 1 is 0.889 bits per heavy atom. The number of hydrogen-bond acceptors (Lipinski definition) is 3.